The van der Waals surface area contributed by atoms with Gasteiger partial charge in [-0.15, -0.1) is 0 Å². The molecule has 5 nitrogen and oxygen atoms in total. The molecule has 0 saturated carbocycles. The van der Waals surface area contributed by atoms with Crippen LogP contribution >= 0.6 is 0 Å². The molecule has 0 bridgehead atoms. The molecule has 2 aromatic rings. The highest BCUT2D eigenvalue weighted by atomic mass is 16.1. The Morgan fingerprint density at radius 1 is 1.53 bits per heavy atom. The summed E-state index contributed by atoms with van der Waals surface area (Å²) in [6.07, 6.45) is 2.07. The molecule has 0 aliphatic carbocycles. The van der Waals surface area contributed by atoms with Gasteiger partial charge >= 0.3 is 0 Å². The Bertz CT molecular complexity index is 581. The highest BCUT2D eigenvalue weighted by Gasteiger charge is 2.16. The second kappa shape index (κ2) is 2.85. The summed E-state index contributed by atoms with van der Waals surface area (Å²) in [7, 11) is 0. The van der Waals surface area contributed by atoms with Crippen LogP contribution in [-0.2, 0) is 6.42 Å². The van der Waals surface area contributed by atoms with Crippen molar-refractivity contribution in [3.63, 3.8) is 0 Å². The fourth-order valence-corrected chi connectivity index (χ4v) is 2.06. The minimum atomic E-state index is -0.0475. The van der Waals surface area contributed by atoms with Gasteiger partial charge in [-0.2, -0.15) is 4.52 Å². The molecule has 0 fully saturated rings. The third-order valence-electron chi connectivity index (χ3n) is 2.75. The Kier molecular flexibility index (Phi) is 1.62. The van der Waals surface area contributed by atoms with Crippen LogP contribution in [0.2, 0.25) is 0 Å². The average Bonchev–Trinajstić information content (AvgIpc) is 2.57. The van der Waals surface area contributed by atoms with E-state index in [0.29, 0.717) is 0 Å². The summed E-state index contributed by atoms with van der Waals surface area (Å²) < 4.78 is 1.51. The molecule has 0 saturated heterocycles. The van der Waals surface area contributed by atoms with Crippen molar-refractivity contribution in [1.82, 2.24) is 14.6 Å². The number of fused-ring (bicyclic) bond motifs is 3. The molecule has 78 valence electrons. The largest absolute Gasteiger partial charge is 0.370 e. The van der Waals surface area contributed by atoms with Crippen molar-refractivity contribution in [2.24, 2.45) is 0 Å². The zero-order chi connectivity index (χ0) is 10.4. The van der Waals surface area contributed by atoms with Crippen molar-refractivity contribution in [3.8, 4) is 0 Å². The highest BCUT2D eigenvalue weighted by molar-refractivity contribution is 5.62. The quantitative estimate of drug-likeness (QED) is 0.663. The van der Waals surface area contributed by atoms with E-state index in [0.717, 1.165) is 42.1 Å². The van der Waals surface area contributed by atoms with E-state index >= 15 is 0 Å². The summed E-state index contributed by atoms with van der Waals surface area (Å²) in [4.78, 5) is 16.1. The zero-order valence-electron chi connectivity index (χ0n) is 8.50. The third kappa shape index (κ3) is 1.16. The monoisotopic (exact) mass is 204 g/mol. The summed E-state index contributed by atoms with van der Waals surface area (Å²) in [6, 6.07) is 1.54. The number of aryl methyl sites for hydroxylation is 2. The molecule has 3 heterocycles. The molecular formula is C10H12N4O. The summed E-state index contributed by atoms with van der Waals surface area (Å²) in [5, 5.41) is 6.29. The van der Waals surface area contributed by atoms with Gasteiger partial charge in [-0.3, -0.25) is 9.89 Å². The van der Waals surface area contributed by atoms with Gasteiger partial charge in [0.05, 0.1) is 0 Å². The van der Waals surface area contributed by atoms with Gasteiger partial charge in [0.1, 0.15) is 5.82 Å². The van der Waals surface area contributed by atoms with Crippen LogP contribution in [0.15, 0.2) is 10.9 Å². The van der Waals surface area contributed by atoms with Crippen LogP contribution in [-0.4, -0.2) is 21.1 Å². The molecule has 0 unspecified atom stereocenters. The molecule has 0 atom stereocenters. The van der Waals surface area contributed by atoms with Crippen molar-refractivity contribution in [3.05, 3.63) is 27.7 Å². The SMILES string of the molecule is Cc1cc(=O)n2[nH]c3c(c2n1)CCCN3. The second-order valence-electron chi connectivity index (χ2n) is 3.89. The summed E-state index contributed by atoms with van der Waals surface area (Å²) in [6.45, 7) is 2.80. The van der Waals surface area contributed by atoms with Gasteiger partial charge in [-0.05, 0) is 19.8 Å². The first kappa shape index (κ1) is 8.52. The fourth-order valence-electron chi connectivity index (χ4n) is 2.06. The van der Waals surface area contributed by atoms with E-state index in [2.05, 4.69) is 15.4 Å². The van der Waals surface area contributed by atoms with Crippen LogP contribution in [0.4, 0.5) is 5.82 Å². The van der Waals surface area contributed by atoms with Crippen molar-refractivity contribution in [2.75, 3.05) is 11.9 Å². The smallest absolute Gasteiger partial charge is 0.272 e. The van der Waals surface area contributed by atoms with Crippen molar-refractivity contribution in [1.29, 1.82) is 0 Å². The molecule has 1 aliphatic rings. The van der Waals surface area contributed by atoms with Crippen LogP contribution in [0.25, 0.3) is 5.65 Å². The standard InChI is InChI=1S/C10H12N4O/c1-6-5-8(15)14-10(12-6)7-3-2-4-11-9(7)13-14/h5,11,13H,2-4H2,1H3. The van der Waals surface area contributed by atoms with E-state index in [-0.39, 0.29) is 5.56 Å². The Labute approximate surface area is 86.1 Å². The number of aromatic nitrogens is 3. The van der Waals surface area contributed by atoms with Crippen LogP contribution in [0, 0.1) is 6.92 Å². The van der Waals surface area contributed by atoms with Crippen LogP contribution in [0.1, 0.15) is 17.7 Å². The van der Waals surface area contributed by atoms with Crippen LogP contribution in [0.3, 0.4) is 0 Å². The van der Waals surface area contributed by atoms with Gasteiger partial charge in [0, 0.05) is 23.9 Å². The zero-order valence-corrected chi connectivity index (χ0v) is 8.50. The lowest BCUT2D eigenvalue weighted by atomic mass is 10.1. The van der Waals surface area contributed by atoms with Gasteiger partial charge in [0.15, 0.2) is 5.65 Å². The number of rotatable bonds is 0. The predicted molar refractivity (Wildman–Crippen MR) is 57.4 cm³/mol. The van der Waals surface area contributed by atoms with Crippen molar-refractivity contribution in [2.45, 2.75) is 19.8 Å². The van der Waals surface area contributed by atoms with Crippen LogP contribution in [0.5, 0.6) is 0 Å². The molecule has 0 amide bonds. The number of hydrogen-bond acceptors (Lipinski definition) is 3. The molecule has 0 spiro atoms. The molecule has 2 aromatic heterocycles. The molecular weight excluding hydrogens is 192 g/mol. The van der Waals surface area contributed by atoms with Gasteiger partial charge in [0.2, 0.25) is 0 Å². The number of nitrogens with one attached hydrogen (secondary N) is 2. The van der Waals surface area contributed by atoms with E-state index in [9.17, 15) is 4.79 Å². The molecule has 3 rings (SSSR count). The molecule has 5 heteroatoms. The number of nitrogens with zero attached hydrogens (tertiary/aromatic N) is 2. The van der Waals surface area contributed by atoms with Gasteiger partial charge in [-0.25, -0.2) is 4.98 Å². The van der Waals surface area contributed by atoms with E-state index in [1.165, 1.54) is 10.6 Å². The summed E-state index contributed by atoms with van der Waals surface area (Å²) in [5.41, 5.74) is 2.62. The molecule has 2 N–H and O–H groups in total. The Morgan fingerprint density at radius 2 is 2.40 bits per heavy atom. The first-order chi connectivity index (χ1) is 7.25. The van der Waals surface area contributed by atoms with Crippen molar-refractivity contribution >= 4 is 11.5 Å². The number of H-pyrrole nitrogens is 1. The first-order valence-electron chi connectivity index (χ1n) is 5.11. The predicted octanol–water partition coefficient (Wildman–Crippen LogP) is 0.689. The molecule has 0 radical (unpaired) electrons. The minimum Gasteiger partial charge on any atom is -0.370 e. The van der Waals surface area contributed by atoms with Gasteiger partial charge in [0.25, 0.3) is 5.56 Å². The van der Waals surface area contributed by atoms with Crippen LogP contribution < -0.4 is 10.9 Å². The lowest BCUT2D eigenvalue weighted by Gasteiger charge is -2.11. The highest BCUT2D eigenvalue weighted by Crippen LogP contribution is 2.22. The lowest BCUT2D eigenvalue weighted by Crippen LogP contribution is -2.14. The average molecular weight is 204 g/mol. The minimum absolute atomic E-state index is 0.0475. The topological polar surface area (TPSA) is 62.2 Å². The Morgan fingerprint density at radius 3 is 3.27 bits per heavy atom. The first-order valence-corrected chi connectivity index (χ1v) is 5.11. The molecule has 1 aliphatic heterocycles. The summed E-state index contributed by atoms with van der Waals surface area (Å²) >= 11 is 0. The Hall–Kier alpha value is -1.78. The van der Waals surface area contributed by atoms with E-state index < -0.39 is 0 Å². The molecule has 0 aromatic carbocycles. The van der Waals surface area contributed by atoms with Gasteiger partial charge < -0.3 is 5.32 Å². The number of hydrogen-bond donors (Lipinski definition) is 2. The van der Waals surface area contributed by atoms with E-state index in [4.69, 9.17) is 0 Å². The summed E-state index contributed by atoms with van der Waals surface area (Å²) in [5.74, 6) is 0.941. The Balaban J connectivity index is 2.42. The molecule has 15 heavy (non-hydrogen) atoms. The maximum atomic E-state index is 11.7. The van der Waals surface area contributed by atoms with E-state index in [1.807, 2.05) is 6.92 Å². The van der Waals surface area contributed by atoms with Crippen molar-refractivity contribution < 1.29 is 0 Å². The maximum absolute atomic E-state index is 11.7. The number of anilines is 1. The fraction of sp³-hybridized carbons (Fsp3) is 0.400. The van der Waals surface area contributed by atoms with Gasteiger partial charge in [-0.1, -0.05) is 0 Å². The maximum Gasteiger partial charge on any atom is 0.272 e. The lowest BCUT2D eigenvalue weighted by molar-refractivity contribution is 0.826. The number of aromatic amines is 1. The third-order valence-corrected chi connectivity index (χ3v) is 2.75. The van der Waals surface area contributed by atoms with E-state index in [1.54, 1.807) is 0 Å². The normalized spacial score (nSPS) is 15.0. The second-order valence-corrected chi connectivity index (χ2v) is 3.89.